The molecule has 2 aromatic heterocycles. The Morgan fingerprint density at radius 3 is 2.59 bits per heavy atom. The number of fused-ring (bicyclic) bond motifs is 1. The van der Waals surface area contributed by atoms with Gasteiger partial charge in [-0.05, 0) is 37.3 Å². The summed E-state index contributed by atoms with van der Waals surface area (Å²) in [6, 6.07) is 8.81. The number of hydrogen-bond acceptors (Lipinski definition) is 5. The van der Waals surface area contributed by atoms with Gasteiger partial charge in [0.1, 0.15) is 5.52 Å². The largest absolute Gasteiger partial charge is 0.266 e. The van der Waals surface area contributed by atoms with Crippen LogP contribution < -0.4 is 5.06 Å². The summed E-state index contributed by atoms with van der Waals surface area (Å²) in [4.78, 5) is 18.6. The maximum atomic E-state index is 6.06. The van der Waals surface area contributed by atoms with E-state index in [4.69, 9.17) is 28.0 Å². The number of benzene rings is 1. The first-order valence-corrected chi connectivity index (χ1v) is 7.40. The Morgan fingerprint density at radius 2 is 1.86 bits per heavy atom. The van der Waals surface area contributed by atoms with Crippen molar-refractivity contribution in [3.05, 3.63) is 52.8 Å². The first kappa shape index (κ1) is 15.0. The van der Waals surface area contributed by atoms with Gasteiger partial charge in [0.15, 0.2) is 0 Å². The molecular weight excluding hydrogens is 323 g/mol. The summed E-state index contributed by atoms with van der Waals surface area (Å²) in [6.07, 6.45) is 3.35. The number of halogens is 2. The second-order valence-electron chi connectivity index (χ2n) is 4.42. The summed E-state index contributed by atoms with van der Waals surface area (Å²) in [5, 5.41) is 2.52. The highest BCUT2D eigenvalue weighted by atomic mass is 35.5. The maximum Gasteiger partial charge on any atom is 0.255 e. The zero-order valence-electron chi connectivity index (χ0n) is 11.7. The third kappa shape index (κ3) is 3.11. The van der Waals surface area contributed by atoms with Crippen LogP contribution in [0.15, 0.2) is 42.7 Å². The molecule has 0 atom stereocenters. The second kappa shape index (κ2) is 6.44. The molecule has 0 saturated carbocycles. The molecule has 3 rings (SSSR count). The summed E-state index contributed by atoms with van der Waals surface area (Å²) in [7, 11) is 0. The fourth-order valence-electron chi connectivity index (χ4n) is 1.99. The summed E-state index contributed by atoms with van der Waals surface area (Å²) < 4.78 is 0. The Labute approximate surface area is 137 Å². The molecule has 0 radical (unpaired) electrons. The Morgan fingerprint density at radius 1 is 1.09 bits per heavy atom. The highest BCUT2D eigenvalue weighted by molar-refractivity contribution is 6.35. The number of pyridine rings is 1. The van der Waals surface area contributed by atoms with E-state index in [1.807, 2.05) is 19.1 Å². The van der Waals surface area contributed by atoms with Crippen LogP contribution in [0.5, 0.6) is 0 Å². The molecule has 0 spiro atoms. The van der Waals surface area contributed by atoms with Crippen LogP contribution in [0.3, 0.4) is 0 Å². The average molecular weight is 335 g/mol. The van der Waals surface area contributed by atoms with Crippen molar-refractivity contribution >= 4 is 45.9 Å². The molecule has 0 bridgehead atoms. The lowest BCUT2D eigenvalue weighted by Gasteiger charge is -2.21. The molecule has 1 aromatic carbocycles. The third-order valence-corrected chi connectivity index (χ3v) is 3.30. The fourth-order valence-corrected chi connectivity index (χ4v) is 2.50. The lowest BCUT2D eigenvalue weighted by molar-refractivity contribution is 0.146. The van der Waals surface area contributed by atoms with Gasteiger partial charge in [0.25, 0.3) is 5.95 Å². The molecule has 0 saturated heterocycles. The fraction of sp³-hybridized carbons (Fsp3) is 0.133. The van der Waals surface area contributed by atoms with Crippen LogP contribution in [0.25, 0.3) is 11.0 Å². The topological polar surface area (TPSA) is 51.1 Å². The lowest BCUT2D eigenvalue weighted by Crippen LogP contribution is -2.20. The van der Waals surface area contributed by atoms with Crippen LogP contribution in [0.4, 0.5) is 11.6 Å². The van der Waals surface area contributed by atoms with Gasteiger partial charge in [-0.25, -0.2) is 9.97 Å². The first-order valence-electron chi connectivity index (χ1n) is 6.64. The minimum absolute atomic E-state index is 0.390. The van der Waals surface area contributed by atoms with Gasteiger partial charge in [0, 0.05) is 16.2 Å². The van der Waals surface area contributed by atoms with Crippen molar-refractivity contribution in [3.8, 4) is 0 Å². The third-order valence-electron chi connectivity index (χ3n) is 2.86. The summed E-state index contributed by atoms with van der Waals surface area (Å²) in [6.45, 7) is 2.32. The van der Waals surface area contributed by atoms with E-state index in [0.29, 0.717) is 33.8 Å². The van der Waals surface area contributed by atoms with E-state index in [2.05, 4.69) is 15.0 Å². The van der Waals surface area contributed by atoms with Crippen LogP contribution in [-0.4, -0.2) is 21.6 Å². The number of hydrogen-bond donors (Lipinski definition) is 0. The van der Waals surface area contributed by atoms with Gasteiger partial charge in [-0.15, -0.1) is 0 Å². The Kier molecular flexibility index (Phi) is 4.38. The Bertz CT molecular complexity index is 792. The van der Waals surface area contributed by atoms with E-state index in [1.165, 1.54) is 5.06 Å². The lowest BCUT2D eigenvalue weighted by atomic mass is 10.3. The molecule has 0 aliphatic heterocycles. The van der Waals surface area contributed by atoms with E-state index >= 15 is 0 Å². The molecule has 0 unspecified atom stereocenters. The van der Waals surface area contributed by atoms with E-state index in [9.17, 15) is 0 Å². The molecule has 2 heterocycles. The Balaban J connectivity index is 2.08. The van der Waals surface area contributed by atoms with E-state index in [0.717, 1.165) is 5.52 Å². The highest BCUT2D eigenvalue weighted by Crippen LogP contribution is 2.29. The van der Waals surface area contributed by atoms with Gasteiger partial charge in [0.05, 0.1) is 24.0 Å². The number of anilines is 2. The Hall–Kier alpha value is -1.95. The van der Waals surface area contributed by atoms with Gasteiger partial charge < -0.3 is 0 Å². The molecule has 3 aromatic rings. The van der Waals surface area contributed by atoms with Gasteiger partial charge >= 0.3 is 0 Å². The van der Waals surface area contributed by atoms with Crippen molar-refractivity contribution < 1.29 is 4.84 Å². The molecular formula is C15H12Cl2N4O. The molecule has 112 valence electrons. The molecule has 5 nitrogen and oxygen atoms in total. The minimum Gasteiger partial charge on any atom is -0.266 e. The molecule has 0 N–H and O–H groups in total. The monoisotopic (exact) mass is 334 g/mol. The minimum atomic E-state index is 0.390. The van der Waals surface area contributed by atoms with Crippen molar-refractivity contribution in [1.29, 1.82) is 0 Å². The van der Waals surface area contributed by atoms with Crippen LogP contribution in [0.1, 0.15) is 6.92 Å². The maximum absolute atomic E-state index is 6.06. The molecule has 7 heteroatoms. The van der Waals surface area contributed by atoms with Gasteiger partial charge in [-0.3, -0.25) is 9.82 Å². The second-order valence-corrected chi connectivity index (χ2v) is 5.29. The molecule has 0 amide bonds. The number of nitrogens with zero attached hydrogens (tertiary/aromatic N) is 4. The van der Waals surface area contributed by atoms with Gasteiger partial charge in [-0.2, -0.15) is 5.06 Å². The van der Waals surface area contributed by atoms with E-state index in [-0.39, 0.29) is 0 Å². The van der Waals surface area contributed by atoms with Crippen molar-refractivity contribution in [2.45, 2.75) is 6.92 Å². The van der Waals surface area contributed by atoms with Crippen molar-refractivity contribution in [2.75, 3.05) is 11.7 Å². The smallest absolute Gasteiger partial charge is 0.255 e. The van der Waals surface area contributed by atoms with Crippen LogP contribution in [0, 0.1) is 0 Å². The van der Waals surface area contributed by atoms with Crippen molar-refractivity contribution in [1.82, 2.24) is 15.0 Å². The first-order chi connectivity index (χ1) is 10.7. The number of rotatable bonds is 4. The standard InChI is InChI=1S/C15H12Cl2N4O/c1-2-22-21(12-7-10(16)6-11(17)8-12)15-19-9-14-13(20-15)4-3-5-18-14/h3-9H,2H2,1H3. The normalized spacial score (nSPS) is 10.9. The SMILES string of the molecule is CCON(c1cc(Cl)cc(Cl)c1)c1ncc2ncccc2n1. The predicted molar refractivity (Wildman–Crippen MR) is 87.6 cm³/mol. The molecule has 22 heavy (non-hydrogen) atoms. The summed E-state index contributed by atoms with van der Waals surface area (Å²) in [5.74, 6) is 0.390. The molecule has 0 aliphatic rings. The average Bonchev–Trinajstić information content (AvgIpc) is 2.51. The van der Waals surface area contributed by atoms with E-state index < -0.39 is 0 Å². The van der Waals surface area contributed by atoms with Gasteiger partial charge in [-0.1, -0.05) is 23.2 Å². The van der Waals surface area contributed by atoms with Crippen LogP contribution in [-0.2, 0) is 4.84 Å². The quantitative estimate of drug-likeness (QED) is 0.661. The highest BCUT2D eigenvalue weighted by Gasteiger charge is 2.15. The van der Waals surface area contributed by atoms with Gasteiger partial charge in [0.2, 0.25) is 0 Å². The van der Waals surface area contributed by atoms with Crippen molar-refractivity contribution in [2.24, 2.45) is 0 Å². The molecule has 0 aliphatic carbocycles. The van der Waals surface area contributed by atoms with Crippen molar-refractivity contribution in [3.63, 3.8) is 0 Å². The number of aromatic nitrogens is 3. The molecule has 0 fully saturated rings. The van der Waals surface area contributed by atoms with Crippen LogP contribution >= 0.6 is 23.2 Å². The predicted octanol–water partition coefficient (Wildman–Crippen LogP) is 4.42. The zero-order valence-corrected chi connectivity index (χ0v) is 13.2. The van der Waals surface area contributed by atoms with Crippen LogP contribution in [0.2, 0.25) is 10.0 Å². The summed E-state index contributed by atoms with van der Waals surface area (Å²) in [5.41, 5.74) is 2.10. The zero-order chi connectivity index (χ0) is 15.5. The van der Waals surface area contributed by atoms with E-state index in [1.54, 1.807) is 30.6 Å². The summed E-state index contributed by atoms with van der Waals surface area (Å²) >= 11 is 12.1.